The van der Waals surface area contributed by atoms with Gasteiger partial charge in [-0.2, -0.15) is 0 Å². The zero-order valence-electron chi connectivity index (χ0n) is 7.62. The fourth-order valence-electron chi connectivity index (χ4n) is 1.49. The molecule has 0 heterocycles. The first kappa shape index (κ1) is 9.34. The van der Waals surface area contributed by atoms with E-state index in [-0.39, 0.29) is 11.6 Å². The van der Waals surface area contributed by atoms with Gasteiger partial charge in [-0.3, -0.25) is 0 Å². The molecule has 72 valence electrons. The number of aromatic hydroxyl groups is 1. The molecule has 0 bridgehead atoms. The summed E-state index contributed by atoms with van der Waals surface area (Å²) in [7, 11) is 0. The van der Waals surface area contributed by atoms with Crippen molar-refractivity contribution in [3.8, 4) is 5.75 Å². The molecule has 0 aliphatic heterocycles. The van der Waals surface area contributed by atoms with E-state index < -0.39 is 0 Å². The Kier molecular flexibility index (Phi) is 2.33. The topological polar surface area (TPSA) is 20.2 Å². The molecule has 0 radical (unpaired) electrons. The first-order chi connectivity index (χ1) is 6.72. The number of fused-ring (bicyclic) bond motifs is 1. The van der Waals surface area contributed by atoms with Crippen LogP contribution in [0, 0.1) is 5.82 Å². The van der Waals surface area contributed by atoms with Crippen molar-refractivity contribution >= 4 is 22.5 Å². The highest BCUT2D eigenvalue weighted by Gasteiger charge is 2.06. The molecule has 2 aromatic carbocycles. The van der Waals surface area contributed by atoms with E-state index in [0.29, 0.717) is 5.39 Å². The van der Waals surface area contributed by atoms with Crippen LogP contribution in [0.5, 0.6) is 5.75 Å². The second-order valence-corrected chi connectivity index (χ2v) is 3.83. The Morgan fingerprint density at radius 3 is 2.79 bits per heavy atom. The molecule has 2 aromatic rings. The van der Waals surface area contributed by atoms with Gasteiger partial charge in [0.25, 0.3) is 0 Å². The van der Waals surface area contributed by atoms with Crippen LogP contribution in [0.3, 0.4) is 0 Å². The monoisotopic (exact) mass is 208 g/mol. The lowest BCUT2D eigenvalue weighted by atomic mass is 10.1. The average Bonchev–Trinajstić information content (AvgIpc) is 2.16. The number of thioether (sulfide) groups is 1. The lowest BCUT2D eigenvalue weighted by Gasteiger charge is -2.05. The number of phenolic OH excluding ortho intramolecular Hbond substituents is 1. The van der Waals surface area contributed by atoms with E-state index in [1.807, 2.05) is 6.26 Å². The van der Waals surface area contributed by atoms with E-state index in [0.717, 1.165) is 10.3 Å². The van der Waals surface area contributed by atoms with Crippen LogP contribution in [0.4, 0.5) is 4.39 Å². The quantitative estimate of drug-likeness (QED) is 0.725. The van der Waals surface area contributed by atoms with Gasteiger partial charge in [0.05, 0.1) is 0 Å². The first-order valence-electron chi connectivity index (χ1n) is 4.17. The predicted octanol–water partition coefficient (Wildman–Crippen LogP) is 3.41. The largest absolute Gasteiger partial charge is 0.508 e. The summed E-state index contributed by atoms with van der Waals surface area (Å²) in [5.74, 6) is -0.0701. The van der Waals surface area contributed by atoms with Gasteiger partial charge in [0.15, 0.2) is 0 Å². The summed E-state index contributed by atoms with van der Waals surface area (Å²) in [6, 6.07) is 8.01. The molecule has 0 saturated heterocycles. The highest BCUT2D eigenvalue weighted by atomic mass is 32.2. The van der Waals surface area contributed by atoms with E-state index in [1.54, 1.807) is 24.3 Å². The summed E-state index contributed by atoms with van der Waals surface area (Å²) >= 11 is 1.43. The van der Waals surface area contributed by atoms with Crippen LogP contribution >= 0.6 is 11.8 Å². The fraction of sp³-hybridized carbons (Fsp3) is 0.0909. The average molecular weight is 208 g/mol. The minimum Gasteiger partial charge on any atom is -0.508 e. The standard InChI is InChI=1S/C11H9FOS/c1-14-10-6-8(13)5-7-3-2-4-9(12)11(7)10/h2-6,13H,1H3. The van der Waals surface area contributed by atoms with Crippen molar-refractivity contribution in [1.82, 2.24) is 0 Å². The summed E-state index contributed by atoms with van der Waals surface area (Å²) in [4.78, 5) is 0.762. The maximum Gasteiger partial charge on any atom is 0.132 e. The number of rotatable bonds is 1. The Hall–Kier alpha value is -1.22. The second-order valence-electron chi connectivity index (χ2n) is 2.99. The smallest absolute Gasteiger partial charge is 0.132 e. The second kappa shape index (κ2) is 3.50. The Balaban J connectivity index is 2.88. The molecule has 14 heavy (non-hydrogen) atoms. The molecule has 0 atom stereocenters. The summed E-state index contributed by atoms with van der Waals surface area (Å²) in [6.07, 6.45) is 1.86. The Morgan fingerprint density at radius 2 is 2.07 bits per heavy atom. The van der Waals surface area contributed by atoms with Crippen LogP contribution < -0.4 is 0 Å². The van der Waals surface area contributed by atoms with E-state index >= 15 is 0 Å². The molecule has 0 saturated carbocycles. The third-order valence-corrected chi connectivity index (χ3v) is 2.86. The van der Waals surface area contributed by atoms with Gasteiger partial charge < -0.3 is 5.11 Å². The van der Waals surface area contributed by atoms with Gasteiger partial charge in [0.1, 0.15) is 11.6 Å². The number of phenols is 1. The van der Waals surface area contributed by atoms with Crippen molar-refractivity contribution in [1.29, 1.82) is 0 Å². The maximum absolute atomic E-state index is 13.5. The zero-order valence-corrected chi connectivity index (χ0v) is 8.44. The van der Waals surface area contributed by atoms with Gasteiger partial charge >= 0.3 is 0 Å². The SMILES string of the molecule is CSc1cc(O)cc2cccc(F)c12. The molecule has 0 fully saturated rings. The Labute approximate surface area is 85.6 Å². The fourth-order valence-corrected chi connectivity index (χ4v) is 2.15. The van der Waals surface area contributed by atoms with Gasteiger partial charge in [0, 0.05) is 10.3 Å². The molecule has 0 aliphatic carbocycles. The van der Waals surface area contributed by atoms with Crippen molar-refractivity contribution < 1.29 is 9.50 Å². The van der Waals surface area contributed by atoms with Crippen LogP contribution in [0.15, 0.2) is 35.2 Å². The lowest BCUT2D eigenvalue weighted by molar-refractivity contribution is 0.474. The van der Waals surface area contributed by atoms with E-state index in [9.17, 15) is 9.50 Å². The summed E-state index contributed by atoms with van der Waals surface area (Å²) in [5, 5.41) is 10.7. The molecular weight excluding hydrogens is 199 g/mol. The Morgan fingerprint density at radius 1 is 1.29 bits per heavy atom. The number of hydrogen-bond donors (Lipinski definition) is 1. The summed E-state index contributed by atoms with van der Waals surface area (Å²) in [6.45, 7) is 0. The minimum absolute atomic E-state index is 0.174. The Bertz CT molecular complexity index is 482. The van der Waals surface area contributed by atoms with Crippen molar-refractivity contribution in [2.45, 2.75) is 4.90 Å². The third-order valence-electron chi connectivity index (χ3n) is 2.09. The minimum atomic E-state index is -0.244. The zero-order chi connectivity index (χ0) is 10.1. The van der Waals surface area contributed by atoms with E-state index in [1.165, 1.54) is 17.8 Å². The molecule has 0 spiro atoms. The van der Waals surface area contributed by atoms with E-state index in [4.69, 9.17) is 0 Å². The molecule has 0 unspecified atom stereocenters. The van der Waals surface area contributed by atoms with Crippen molar-refractivity contribution in [2.75, 3.05) is 6.26 Å². The van der Waals surface area contributed by atoms with Crippen LogP contribution in [-0.2, 0) is 0 Å². The number of hydrogen-bond acceptors (Lipinski definition) is 2. The molecule has 3 heteroatoms. The van der Waals surface area contributed by atoms with Crippen LogP contribution in [-0.4, -0.2) is 11.4 Å². The van der Waals surface area contributed by atoms with Crippen LogP contribution in [0.25, 0.3) is 10.8 Å². The molecule has 1 N–H and O–H groups in total. The van der Waals surface area contributed by atoms with Gasteiger partial charge in [-0.05, 0) is 29.8 Å². The lowest BCUT2D eigenvalue weighted by Crippen LogP contribution is -1.82. The van der Waals surface area contributed by atoms with E-state index in [2.05, 4.69) is 0 Å². The van der Waals surface area contributed by atoms with Gasteiger partial charge in [-0.1, -0.05) is 12.1 Å². The van der Waals surface area contributed by atoms with Crippen molar-refractivity contribution in [3.05, 3.63) is 36.1 Å². The van der Waals surface area contributed by atoms with Gasteiger partial charge in [-0.15, -0.1) is 11.8 Å². The van der Waals surface area contributed by atoms with Gasteiger partial charge in [-0.25, -0.2) is 4.39 Å². The predicted molar refractivity (Wildman–Crippen MR) is 57.4 cm³/mol. The highest BCUT2D eigenvalue weighted by molar-refractivity contribution is 7.98. The highest BCUT2D eigenvalue weighted by Crippen LogP contribution is 2.32. The first-order valence-corrected chi connectivity index (χ1v) is 5.40. The third kappa shape index (κ3) is 1.44. The van der Waals surface area contributed by atoms with Crippen LogP contribution in [0.2, 0.25) is 0 Å². The van der Waals surface area contributed by atoms with Crippen molar-refractivity contribution in [3.63, 3.8) is 0 Å². The van der Waals surface area contributed by atoms with Crippen LogP contribution in [0.1, 0.15) is 0 Å². The molecule has 0 aromatic heterocycles. The number of benzene rings is 2. The molecule has 0 amide bonds. The van der Waals surface area contributed by atoms with Gasteiger partial charge in [0.2, 0.25) is 0 Å². The molecule has 1 nitrogen and oxygen atoms in total. The normalized spacial score (nSPS) is 10.7. The molecule has 2 rings (SSSR count). The number of halogens is 1. The van der Waals surface area contributed by atoms with Crippen molar-refractivity contribution in [2.24, 2.45) is 0 Å². The molecular formula is C11H9FOS. The molecule has 0 aliphatic rings. The summed E-state index contributed by atoms with van der Waals surface area (Å²) < 4.78 is 13.5. The maximum atomic E-state index is 13.5. The summed E-state index contributed by atoms with van der Waals surface area (Å²) in [5.41, 5.74) is 0.